The van der Waals surface area contributed by atoms with E-state index in [4.69, 9.17) is 15.2 Å². The summed E-state index contributed by atoms with van der Waals surface area (Å²) in [6.45, 7) is 7.60. The van der Waals surface area contributed by atoms with Crippen LogP contribution in [0.2, 0.25) is 0 Å². The fourth-order valence-corrected chi connectivity index (χ4v) is 1.96. The molecule has 142 valence electrons. The Morgan fingerprint density at radius 2 is 1.72 bits per heavy atom. The second-order valence-electron chi connectivity index (χ2n) is 6.12. The highest BCUT2D eigenvalue weighted by Crippen LogP contribution is 2.23. The first kappa shape index (κ1) is 19.6. The summed E-state index contributed by atoms with van der Waals surface area (Å²) >= 11 is 0. The van der Waals surface area contributed by atoms with Gasteiger partial charge in [-0.2, -0.15) is 15.0 Å². The lowest BCUT2D eigenvalue weighted by molar-refractivity contribution is 0.0547. The average molecular weight is 353 g/mol. The van der Waals surface area contributed by atoms with Crippen molar-refractivity contribution in [3.8, 4) is 0 Å². The van der Waals surface area contributed by atoms with Gasteiger partial charge in [0.1, 0.15) is 0 Å². The summed E-state index contributed by atoms with van der Waals surface area (Å²) in [7, 11) is 0. The largest absolute Gasteiger partial charge is 0.378 e. The predicted molar refractivity (Wildman–Crippen MR) is 99.0 cm³/mol. The van der Waals surface area contributed by atoms with Crippen molar-refractivity contribution in [3.63, 3.8) is 0 Å². The average Bonchev–Trinajstić information content (AvgIpc) is 3.41. The SMILES string of the molecule is CCC(C)Nc1nc(NCCOCCOCCN)nc(NC2CC2)n1. The van der Waals surface area contributed by atoms with Gasteiger partial charge in [-0.25, -0.2) is 0 Å². The molecule has 0 radical (unpaired) electrons. The van der Waals surface area contributed by atoms with Crippen LogP contribution in [0.1, 0.15) is 33.1 Å². The molecule has 0 amide bonds. The monoisotopic (exact) mass is 353 g/mol. The molecule has 1 fully saturated rings. The molecule has 1 aliphatic carbocycles. The lowest BCUT2D eigenvalue weighted by Gasteiger charge is -2.14. The molecule has 1 unspecified atom stereocenters. The van der Waals surface area contributed by atoms with Crippen LogP contribution in [-0.4, -0.2) is 66.6 Å². The maximum absolute atomic E-state index is 5.49. The minimum atomic E-state index is 0.306. The molecule has 0 saturated heterocycles. The van der Waals surface area contributed by atoms with E-state index < -0.39 is 0 Å². The van der Waals surface area contributed by atoms with Gasteiger partial charge in [0.2, 0.25) is 17.8 Å². The first-order valence-corrected chi connectivity index (χ1v) is 9.09. The highest BCUT2D eigenvalue weighted by atomic mass is 16.5. The number of aromatic nitrogens is 3. The highest BCUT2D eigenvalue weighted by Gasteiger charge is 2.22. The number of nitrogens with zero attached hydrogens (tertiary/aromatic N) is 3. The molecule has 9 heteroatoms. The molecular formula is C16H31N7O2. The zero-order valence-corrected chi connectivity index (χ0v) is 15.3. The summed E-state index contributed by atoms with van der Waals surface area (Å²) in [6, 6.07) is 0.796. The maximum atomic E-state index is 5.49. The van der Waals surface area contributed by atoms with E-state index in [1.807, 2.05) is 0 Å². The fraction of sp³-hybridized carbons (Fsp3) is 0.812. The zero-order valence-electron chi connectivity index (χ0n) is 15.3. The van der Waals surface area contributed by atoms with Crippen LogP contribution in [0.5, 0.6) is 0 Å². The van der Waals surface area contributed by atoms with Crippen LogP contribution >= 0.6 is 0 Å². The molecule has 0 spiro atoms. The van der Waals surface area contributed by atoms with Gasteiger partial charge >= 0.3 is 0 Å². The van der Waals surface area contributed by atoms with E-state index in [0.29, 0.717) is 69.4 Å². The van der Waals surface area contributed by atoms with Crippen molar-refractivity contribution in [2.45, 2.75) is 45.2 Å². The lowest BCUT2D eigenvalue weighted by Crippen LogP contribution is -2.20. The second kappa shape index (κ2) is 11.0. The van der Waals surface area contributed by atoms with Crippen LogP contribution in [-0.2, 0) is 9.47 Å². The van der Waals surface area contributed by atoms with Gasteiger partial charge in [0.15, 0.2) is 0 Å². The highest BCUT2D eigenvalue weighted by molar-refractivity contribution is 5.43. The first-order chi connectivity index (χ1) is 12.2. The minimum absolute atomic E-state index is 0.306. The van der Waals surface area contributed by atoms with Crippen molar-refractivity contribution >= 4 is 17.8 Å². The van der Waals surface area contributed by atoms with Crippen LogP contribution in [0.25, 0.3) is 0 Å². The molecule has 1 heterocycles. The Bertz CT molecular complexity index is 499. The van der Waals surface area contributed by atoms with Crippen LogP contribution in [0.15, 0.2) is 0 Å². The van der Waals surface area contributed by atoms with Crippen molar-refractivity contribution in [1.29, 1.82) is 0 Å². The lowest BCUT2D eigenvalue weighted by atomic mass is 10.3. The topological polar surface area (TPSA) is 119 Å². The Labute approximate surface area is 149 Å². The molecule has 1 aromatic rings. The van der Waals surface area contributed by atoms with E-state index in [1.54, 1.807) is 0 Å². The molecular weight excluding hydrogens is 322 g/mol. The third-order valence-electron chi connectivity index (χ3n) is 3.70. The third kappa shape index (κ3) is 8.28. The van der Waals surface area contributed by atoms with E-state index in [-0.39, 0.29) is 0 Å². The molecule has 1 atom stereocenters. The first-order valence-electron chi connectivity index (χ1n) is 9.09. The van der Waals surface area contributed by atoms with Crippen molar-refractivity contribution < 1.29 is 9.47 Å². The summed E-state index contributed by atoms with van der Waals surface area (Å²) in [6.07, 6.45) is 3.34. The van der Waals surface area contributed by atoms with Crippen molar-refractivity contribution in [2.75, 3.05) is 55.5 Å². The van der Waals surface area contributed by atoms with Gasteiger partial charge in [-0.15, -0.1) is 0 Å². The molecule has 9 nitrogen and oxygen atoms in total. The Morgan fingerprint density at radius 1 is 1.04 bits per heavy atom. The standard InChI is InChI=1S/C16H31N7O2/c1-3-12(2)19-15-21-14(22-16(23-15)20-13-4-5-13)18-7-9-25-11-10-24-8-6-17/h12-13H,3-11,17H2,1-2H3,(H3,18,19,20,21,22,23). The number of anilines is 3. The third-order valence-corrected chi connectivity index (χ3v) is 3.70. The number of ether oxygens (including phenoxy) is 2. The number of hydrogen-bond acceptors (Lipinski definition) is 9. The van der Waals surface area contributed by atoms with Crippen molar-refractivity contribution in [2.24, 2.45) is 5.73 Å². The number of nitrogens with one attached hydrogen (secondary N) is 3. The summed E-state index contributed by atoms with van der Waals surface area (Å²) < 4.78 is 10.7. The second-order valence-corrected chi connectivity index (χ2v) is 6.12. The smallest absolute Gasteiger partial charge is 0.229 e. The number of nitrogens with two attached hydrogens (primary N) is 1. The molecule has 0 aliphatic heterocycles. The maximum Gasteiger partial charge on any atom is 0.229 e. The van der Waals surface area contributed by atoms with E-state index in [1.165, 1.54) is 12.8 Å². The van der Waals surface area contributed by atoms with E-state index in [0.717, 1.165) is 6.42 Å². The van der Waals surface area contributed by atoms with Gasteiger partial charge in [0.25, 0.3) is 0 Å². The van der Waals surface area contributed by atoms with Crippen LogP contribution in [0.3, 0.4) is 0 Å². The molecule has 0 bridgehead atoms. The molecule has 1 aromatic heterocycles. The molecule has 2 rings (SSSR count). The van der Waals surface area contributed by atoms with Gasteiger partial charge in [0, 0.05) is 25.2 Å². The van der Waals surface area contributed by atoms with Gasteiger partial charge in [-0.1, -0.05) is 6.92 Å². The van der Waals surface area contributed by atoms with Crippen LogP contribution in [0, 0.1) is 0 Å². The molecule has 5 N–H and O–H groups in total. The van der Waals surface area contributed by atoms with Crippen molar-refractivity contribution in [3.05, 3.63) is 0 Å². The number of hydrogen-bond donors (Lipinski definition) is 4. The zero-order chi connectivity index (χ0) is 17.9. The number of rotatable bonds is 14. The van der Waals surface area contributed by atoms with Crippen molar-refractivity contribution in [1.82, 2.24) is 15.0 Å². The fourth-order valence-electron chi connectivity index (χ4n) is 1.96. The minimum Gasteiger partial charge on any atom is -0.378 e. The van der Waals surface area contributed by atoms with Gasteiger partial charge in [0.05, 0.1) is 26.4 Å². The van der Waals surface area contributed by atoms with Crippen LogP contribution in [0.4, 0.5) is 17.8 Å². The molecule has 0 aromatic carbocycles. The molecule has 1 aliphatic rings. The summed E-state index contributed by atoms with van der Waals surface area (Å²) in [5.74, 6) is 1.75. The Morgan fingerprint density at radius 3 is 2.40 bits per heavy atom. The van der Waals surface area contributed by atoms with Crippen LogP contribution < -0.4 is 21.7 Å². The normalized spacial score (nSPS) is 15.0. The molecule has 25 heavy (non-hydrogen) atoms. The van der Waals surface area contributed by atoms with Gasteiger partial charge in [-0.3, -0.25) is 0 Å². The Hall–Kier alpha value is -1.71. The summed E-state index contributed by atoms with van der Waals surface area (Å²) in [5, 5.41) is 9.80. The van der Waals surface area contributed by atoms with E-state index >= 15 is 0 Å². The quantitative estimate of drug-likeness (QED) is 0.364. The van der Waals surface area contributed by atoms with E-state index in [2.05, 4.69) is 44.7 Å². The van der Waals surface area contributed by atoms with E-state index in [9.17, 15) is 0 Å². The summed E-state index contributed by atoms with van der Waals surface area (Å²) in [4.78, 5) is 13.3. The Balaban J connectivity index is 1.78. The predicted octanol–water partition coefficient (Wildman–Crippen LogP) is 1.06. The van der Waals surface area contributed by atoms with Gasteiger partial charge < -0.3 is 31.2 Å². The molecule has 1 saturated carbocycles. The Kier molecular flexibility index (Phi) is 8.64. The summed E-state index contributed by atoms with van der Waals surface area (Å²) in [5.41, 5.74) is 5.35. The van der Waals surface area contributed by atoms with Gasteiger partial charge in [-0.05, 0) is 26.2 Å².